The van der Waals surface area contributed by atoms with Crippen molar-refractivity contribution in [3.05, 3.63) is 0 Å². The maximum atomic E-state index is 12.9. The first-order chi connectivity index (χ1) is 7.93. The normalized spacial score (nSPS) is 31.4. The molecule has 2 fully saturated rings. The molecule has 2 aliphatic heterocycles. The number of aliphatic hydroxyl groups excluding tert-OH is 1. The Hall–Kier alpha value is 0.420. The zero-order valence-electron chi connectivity index (χ0n) is 9.50. The van der Waals surface area contributed by atoms with Crippen LogP contribution in [0.2, 0.25) is 0 Å². The summed E-state index contributed by atoms with van der Waals surface area (Å²) in [5, 5.41) is 6.05. The average Bonchev–Trinajstić information content (AvgIpc) is 2.28. The van der Waals surface area contributed by atoms with E-state index in [1.807, 2.05) is 11.8 Å². The summed E-state index contributed by atoms with van der Waals surface area (Å²) in [6.07, 6.45) is 0.957. The van der Waals surface area contributed by atoms with Gasteiger partial charge in [-0.1, -0.05) is 0 Å². The Balaban J connectivity index is 2.01. The second-order valence-electron chi connectivity index (χ2n) is 4.88. The van der Waals surface area contributed by atoms with E-state index in [1.54, 1.807) is 0 Å². The van der Waals surface area contributed by atoms with Crippen LogP contribution < -0.4 is 0 Å². The molecule has 2 rings (SSSR count). The van der Waals surface area contributed by atoms with Gasteiger partial charge in [0, 0.05) is 6.61 Å². The highest BCUT2D eigenvalue weighted by atomic mass is 35.5. The molecule has 2 heterocycles. The molecule has 0 saturated carbocycles. The molecule has 2 aliphatic rings. The molecule has 1 spiro atoms. The first kappa shape index (κ1) is 13.8. The van der Waals surface area contributed by atoms with Crippen LogP contribution in [-0.2, 0) is 4.74 Å². The highest BCUT2D eigenvalue weighted by Crippen LogP contribution is 2.43. The topological polar surface area (TPSA) is 29.5 Å². The first-order valence-corrected chi connectivity index (χ1v) is 7.43. The van der Waals surface area contributed by atoms with Crippen LogP contribution in [0.1, 0.15) is 25.7 Å². The zero-order valence-corrected chi connectivity index (χ0v) is 11.1. The van der Waals surface area contributed by atoms with Gasteiger partial charge in [-0.25, -0.2) is 0 Å². The molecule has 0 radical (unpaired) electrons. The van der Waals surface area contributed by atoms with Crippen molar-refractivity contribution in [3.63, 3.8) is 0 Å². The maximum Gasteiger partial charge on any atom is 0.347 e. The van der Waals surface area contributed by atoms with E-state index in [1.165, 1.54) is 0 Å². The second kappa shape index (κ2) is 5.19. The van der Waals surface area contributed by atoms with Crippen LogP contribution in [0.15, 0.2) is 0 Å². The first-order valence-electron chi connectivity index (χ1n) is 5.89. The molecular formula is C11H17ClF2O2S. The molecular weight excluding hydrogens is 270 g/mol. The summed E-state index contributed by atoms with van der Waals surface area (Å²) < 4.78 is 31.6. The smallest absolute Gasteiger partial charge is 0.347 e. The lowest BCUT2D eigenvalue weighted by Crippen LogP contribution is -2.48. The van der Waals surface area contributed by atoms with Crippen molar-refractivity contribution < 1.29 is 18.6 Å². The lowest BCUT2D eigenvalue weighted by Gasteiger charge is -2.44. The Morgan fingerprint density at radius 1 is 1.41 bits per heavy atom. The van der Waals surface area contributed by atoms with Crippen LogP contribution in [0.25, 0.3) is 0 Å². The number of ether oxygens (including phenoxy) is 1. The van der Waals surface area contributed by atoms with E-state index >= 15 is 0 Å². The third kappa shape index (κ3) is 3.25. The molecule has 2 atom stereocenters. The van der Waals surface area contributed by atoms with E-state index in [0.29, 0.717) is 19.4 Å². The second-order valence-corrected chi connectivity index (χ2v) is 6.61. The highest BCUT2D eigenvalue weighted by Gasteiger charge is 2.47. The highest BCUT2D eigenvalue weighted by molar-refractivity contribution is 7.99. The fourth-order valence-corrected chi connectivity index (χ4v) is 4.11. The van der Waals surface area contributed by atoms with Crippen LogP contribution in [-0.4, -0.2) is 40.3 Å². The number of rotatable bonds is 2. The summed E-state index contributed by atoms with van der Waals surface area (Å²) in [6.45, 7) is 0.444. The summed E-state index contributed by atoms with van der Waals surface area (Å²) in [4.78, 5) is 0. The summed E-state index contributed by atoms with van der Waals surface area (Å²) in [7, 11) is 0. The minimum atomic E-state index is -3.54. The maximum absolute atomic E-state index is 12.9. The summed E-state index contributed by atoms with van der Waals surface area (Å²) in [5.41, 5.74) is -0.294. The molecule has 2 saturated heterocycles. The molecule has 17 heavy (non-hydrogen) atoms. The molecule has 0 aliphatic carbocycles. The van der Waals surface area contributed by atoms with E-state index in [-0.39, 0.29) is 5.60 Å². The van der Waals surface area contributed by atoms with Gasteiger partial charge in [0.25, 0.3) is 0 Å². The monoisotopic (exact) mass is 286 g/mol. The number of hydrogen-bond acceptors (Lipinski definition) is 3. The standard InChI is InChI=1S/C11H17ClF2O2S/c12-11(13,14)9(15)8-1-4-16-10(7-8)2-5-17-6-3-10/h8-9,15H,1-7H2. The average molecular weight is 287 g/mol. The van der Waals surface area contributed by atoms with Gasteiger partial charge in [-0.15, -0.1) is 0 Å². The molecule has 2 unspecified atom stereocenters. The van der Waals surface area contributed by atoms with Gasteiger partial charge in [-0.05, 0) is 54.7 Å². The SMILES string of the molecule is OC(C1CCOC2(CCSCC2)C1)C(F)(F)Cl. The summed E-state index contributed by atoms with van der Waals surface area (Å²) in [6, 6.07) is 0. The minimum Gasteiger partial charge on any atom is -0.385 e. The van der Waals surface area contributed by atoms with Gasteiger partial charge < -0.3 is 9.84 Å². The number of aliphatic hydroxyl groups is 1. The van der Waals surface area contributed by atoms with Crippen LogP contribution in [0.5, 0.6) is 0 Å². The van der Waals surface area contributed by atoms with Crippen LogP contribution in [0, 0.1) is 5.92 Å². The predicted molar refractivity (Wildman–Crippen MR) is 64.8 cm³/mol. The van der Waals surface area contributed by atoms with Gasteiger partial charge in [0.05, 0.1) is 5.60 Å². The number of thioether (sulfide) groups is 1. The van der Waals surface area contributed by atoms with Crippen LogP contribution >= 0.6 is 23.4 Å². The van der Waals surface area contributed by atoms with E-state index in [0.717, 1.165) is 24.3 Å². The van der Waals surface area contributed by atoms with Crippen molar-refractivity contribution in [2.45, 2.75) is 42.8 Å². The predicted octanol–water partition coefficient (Wildman–Crippen LogP) is 2.87. The molecule has 2 nitrogen and oxygen atoms in total. The summed E-state index contributed by atoms with van der Waals surface area (Å²) >= 11 is 6.78. The largest absolute Gasteiger partial charge is 0.385 e. The summed E-state index contributed by atoms with van der Waals surface area (Å²) in [5.74, 6) is 1.54. The van der Waals surface area contributed by atoms with Crippen molar-refractivity contribution >= 4 is 23.4 Å². The quantitative estimate of drug-likeness (QED) is 0.792. The fourth-order valence-electron chi connectivity index (χ4n) is 2.69. The van der Waals surface area contributed by atoms with Crippen molar-refractivity contribution in [1.82, 2.24) is 0 Å². The number of hydrogen-bond donors (Lipinski definition) is 1. The van der Waals surface area contributed by atoms with Gasteiger partial charge in [0.2, 0.25) is 0 Å². The molecule has 6 heteroatoms. The lowest BCUT2D eigenvalue weighted by molar-refractivity contribution is -0.149. The Morgan fingerprint density at radius 3 is 2.65 bits per heavy atom. The van der Waals surface area contributed by atoms with Crippen molar-refractivity contribution in [1.29, 1.82) is 0 Å². The van der Waals surface area contributed by atoms with Gasteiger partial charge in [0.1, 0.15) is 6.10 Å². The van der Waals surface area contributed by atoms with Gasteiger partial charge in [-0.3, -0.25) is 0 Å². The molecule has 0 aromatic heterocycles. The van der Waals surface area contributed by atoms with Crippen molar-refractivity contribution in [2.24, 2.45) is 5.92 Å². The van der Waals surface area contributed by atoms with Crippen molar-refractivity contribution in [3.8, 4) is 0 Å². The van der Waals surface area contributed by atoms with E-state index < -0.39 is 17.4 Å². The van der Waals surface area contributed by atoms with E-state index in [2.05, 4.69) is 0 Å². The Bertz CT molecular complexity index is 261. The lowest BCUT2D eigenvalue weighted by atomic mass is 9.79. The zero-order chi connectivity index (χ0) is 12.5. The molecule has 0 aromatic rings. The minimum absolute atomic E-state index is 0.294. The Kier molecular flexibility index (Phi) is 4.23. The molecule has 100 valence electrons. The van der Waals surface area contributed by atoms with Gasteiger partial charge >= 0.3 is 5.38 Å². The van der Waals surface area contributed by atoms with Gasteiger partial charge in [0.15, 0.2) is 0 Å². The molecule has 0 amide bonds. The fraction of sp³-hybridized carbons (Fsp3) is 1.00. The molecule has 0 aromatic carbocycles. The van der Waals surface area contributed by atoms with E-state index in [4.69, 9.17) is 16.3 Å². The molecule has 1 N–H and O–H groups in total. The Labute approximate surface area is 109 Å². The van der Waals surface area contributed by atoms with Gasteiger partial charge in [-0.2, -0.15) is 20.5 Å². The molecule has 0 bridgehead atoms. The van der Waals surface area contributed by atoms with Crippen molar-refractivity contribution in [2.75, 3.05) is 18.1 Å². The van der Waals surface area contributed by atoms with E-state index in [9.17, 15) is 13.9 Å². The third-order valence-corrected chi connectivity index (χ3v) is 4.93. The Morgan fingerprint density at radius 2 is 2.06 bits per heavy atom. The third-order valence-electron chi connectivity index (χ3n) is 3.72. The number of alkyl halides is 3. The van der Waals surface area contributed by atoms with Crippen LogP contribution in [0.4, 0.5) is 8.78 Å². The van der Waals surface area contributed by atoms with Crippen LogP contribution in [0.3, 0.4) is 0 Å². The number of halogens is 3.